The largest absolute Gasteiger partial charge is 0.489 e. The van der Waals surface area contributed by atoms with Crippen molar-refractivity contribution in [2.45, 2.75) is 13.2 Å². The molecular weight excluding hydrogens is 409 g/mol. The van der Waals surface area contributed by atoms with Crippen LogP contribution in [0.1, 0.15) is 11.1 Å². The fraction of sp³-hybridized carbons (Fsp3) is 0.0909. The lowest BCUT2D eigenvalue weighted by molar-refractivity contribution is 0.280. The van der Waals surface area contributed by atoms with Crippen LogP contribution < -0.4 is 4.74 Å². The quantitative estimate of drug-likeness (QED) is 0.451. The minimum absolute atomic E-state index is 0.216. The van der Waals surface area contributed by atoms with E-state index in [4.69, 9.17) is 4.74 Å². The summed E-state index contributed by atoms with van der Waals surface area (Å²) in [6.45, 7) is 0.281. The van der Waals surface area contributed by atoms with Gasteiger partial charge in [-0.15, -0.1) is 0 Å². The number of rotatable bonds is 5. The highest BCUT2D eigenvalue weighted by Crippen LogP contribution is 2.29. The molecule has 0 aliphatic carbocycles. The Kier molecular flexibility index (Phi) is 4.97. The van der Waals surface area contributed by atoms with Gasteiger partial charge in [-0.25, -0.2) is 4.39 Å². The number of fused-ring (bicyclic) bond motifs is 1. The summed E-state index contributed by atoms with van der Waals surface area (Å²) in [6, 6.07) is 20.7. The Bertz CT molecular complexity index is 1090. The minimum atomic E-state index is -0.385. The van der Waals surface area contributed by atoms with Crippen LogP contribution in [0.4, 0.5) is 4.39 Å². The molecule has 0 atom stereocenters. The van der Waals surface area contributed by atoms with Crippen molar-refractivity contribution in [2.75, 3.05) is 0 Å². The van der Waals surface area contributed by atoms with Gasteiger partial charge in [0.15, 0.2) is 0 Å². The molecule has 0 saturated heterocycles. The van der Waals surface area contributed by atoms with Crippen molar-refractivity contribution in [3.8, 4) is 11.4 Å². The van der Waals surface area contributed by atoms with Crippen LogP contribution in [0.15, 0.2) is 77.4 Å². The Balaban J connectivity index is 1.64. The molecule has 0 aliphatic heterocycles. The van der Waals surface area contributed by atoms with Crippen molar-refractivity contribution in [2.24, 2.45) is 0 Å². The third-order valence-electron chi connectivity index (χ3n) is 4.46. The summed E-state index contributed by atoms with van der Waals surface area (Å²) in [5.74, 6) is 0.380. The van der Waals surface area contributed by atoms with Crippen molar-refractivity contribution in [1.29, 1.82) is 0 Å². The summed E-state index contributed by atoms with van der Waals surface area (Å²) in [7, 11) is 0. The van der Waals surface area contributed by atoms with Gasteiger partial charge >= 0.3 is 0 Å². The van der Waals surface area contributed by atoms with E-state index in [9.17, 15) is 9.50 Å². The second-order valence-corrected chi connectivity index (χ2v) is 7.09. The summed E-state index contributed by atoms with van der Waals surface area (Å²) in [5, 5.41) is 10.2. The van der Waals surface area contributed by atoms with Crippen LogP contribution in [-0.2, 0) is 13.2 Å². The smallest absolute Gasteiger partial charge is 0.147 e. The zero-order valence-electron chi connectivity index (χ0n) is 14.4. The molecule has 3 aromatic carbocycles. The Labute approximate surface area is 164 Å². The summed E-state index contributed by atoms with van der Waals surface area (Å²) >= 11 is 3.39. The third-order valence-corrected chi connectivity index (χ3v) is 5.19. The first-order chi connectivity index (χ1) is 13.2. The third kappa shape index (κ3) is 3.61. The zero-order valence-corrected chi connectivity index (χ0v) is 16.0. The van der Waals surface area contributed by atoms with Crippen molar-refractivity contribution in [1.82, 2.24) is 4.57 Å². The van der Waals surface area contributed by atoms with Crippen LogP contribution >= 0.6 is 15.9 Å². The van der Waals surface area contributed by atoms with Crippen molar-refractivity contribution in [3.63, 3.8) is 0 Å². The predicted octanol–water partition coefficient (Wildman–Crippen LogP) is 5.60. The van der Waals surface area contributed by atoms with E-state index in [0.29, 0.717) is 22.3 Å². The number of halogens is 2. The Morgan fingerprint density at radius 3 is 2.59 bits per heavy atom. The molecule has 0 spiro atoms. The lowest BCUT2D eigenvalue weighted by atomic mass is 10.2. The van der Waals surface area contributed by atoms with Gasteiger partial charge in [-0.3, -0.25) is 0 Å². The molecule has 27 heavy (non-hydrogen) atoms. The van der Waals surface area contributed by atoms with Gasteiger partial charge in [0.05, 0.1) is 17.8 Å². The van der Waals surface area contributed by atoms with Gasteiger partial charge in [0.25, 0.3) is 0 Å². The molecule has 0 radical (unpaired) electrons. The lowest BCUT2D eigenvalue weighted by Crippen LogP contribution is -1.99. The van der Waals surface area contributed by atoms with E-state index >= 15 is 0 Å². The van der Waals surface area contributed by atoms with Crippen LogP contribution in [-0.4, -0.2) is 9.67 Å². The van der Waals surface area contributed by atoms with Crippen LogP contribution in [0.2, 0.25) is 0 Å². The van der Waals surface area contributed by atoms with E-state index < -0.39 is 0 Å². The second kappa shape index (κ2) is 7.55. The Hall–Kier alpha value is -2.63. The first kappa shape index (κ1) is 17.8. The van der Waals surface area contributed by atoms with Gasteiger partial charge in [0, 0.05) is 16.1 Å². The van der Waals surface area contributed by atoms with Crippen molar-refractivity contribution < 1.29 is 14.2 Å². The standard InChI is InChI=1S/C22H17BrFNO2/c23-19-12-22(20(24)11-17(19)13-26)25-9-8-16-10-18(6-7-21(16)25)27-14-15-4-2-1-3-5-15/h1-12,26H,13-14H2. The number of aliphatic hydroxyl groups excluding tert-OH is 1. The number of aliphatic hydroxyl groups is 1. The molecule has 4 aromatic rings. The van der Waals surface area contributed by atoms with E-state index in [1.165, 1.54) is 6.07 Å². The number of nitrogens with zero attached hydrogens (tertiary/aromatic N) is 1. The number of benzene rings is 3. The molecule has 0 fully saturated rings. The van der Waals surface area contributed by atoms with E-state index in [0.717, 1.165) is 22.2 Å². The maximum atomic E-state index is 14.5. The van der Waals surface area contributed by atoms with Crippen molar-refractivity contribution in [3.05, 3.63) is 94.3 Å². The van der Waals surface area contributed by atoms with E-state index in [1.54, 1.807) is 10.6 Å². The molecule has 1 heterocycles. The normalized spacial score (nSPS) is 11.1. The average Bonchev–Trinajstić information content (AvgIpc) is 3.11. The number of ether oxygens (including phenoxy) is 1. The van der Waals surface area contributed by atoms with Gasteiger partial charge in [0.2, 0.25) is 0 Å². The fourth-order valence-electron chi connectivity index (χ4n) is 3.04. The molecule has 5 heteroatoms. The summed E-state index contributed by atoms with van der Waals surface area (Å²) in [6.07, 6.45) is 1.83. The van der Waals surface area contributed by atoms with Crippen molar-refractivity contribution >= 4 is 26.8 Å². The lowest BCUT2D eigenvalue weighted by Gasteiger charge is -2.11. The maximum Gasteiger partial charge on any atom is 0.147 e. The molecule has 1 aromatic heterocycles. The molecular formula is C22H17BrFNO2. The first-order valence-corrected chi connectivity index (χ1v) is 9.32. The van der Waals surface area contributed by atoms with Gasteiger partial charge in [-0.1, -0.05) is 46.3 Å². The summed E-state index contributed by atoms with van der Waals surface area (Å²) in [4.78, 5) is 0. The Morgan fingerprint density at radius 1 is 1.00 bits per heavy atom. The van der Waals surface area contributed by atoms with Gasteiger partial charge in [-0.05, 0) is 47.5 Å². The highest BCUT2D eigenvalue weighted by molar-refractivity contribution is 9.10. The first-order valence-electron chi connectivity index (χ1n) is 8.52. The van der Waals surface area contributed by atoms with Gasteiger partial charge in [-0.2, -0.15) is 0 Å². The average molecular weight is 426 g/mol. The van der Waals surface area contributed by atoms with Gasteiger partial charge in [0.1, 0.15) is 18.2 Å². The van der Waals surface area contributed by atoms with Crippen LogP contribution in [0.5, 0.6) is 5.75 Å². The summed E-state index contributed by atoms with van der Waals surface area (Å²) in [5.41, 5.74) is 2.92. The van der Waals surface area contributed by atoms with Crippen LogP contribution in [0.25, 0.3) is 16.6 Å². The molecule has 1 N–H and O–H groups in total. The molecule has 0 aliphatic rings. The number of hydrogen-bond acceptors (Lipinski definition) is 2. The SMILES string of the molecule is OCc1cc(F)c(-n2ccc3cc(OCc4ccccc4)ccc32)cc1Br. The highest BCUT2D eigenvalue weighted by Gasteiger charge is 2.12. The van der Waals surface area contributed by atoms with E-state index in [1.807, 2.05) is 60.8 Å². The molecule has 0 amide bonds. The van der Waals surface area contributed by atoms with E-state index in [2.05, 4.69) is 15.9 Å². The Morgan fingerprint density at radius 2 is 1.81 bits per heavy atom. The predicted molar refractivity (Wildman–Crippen MR) is 108 cm³/mol. The highest BCUT2D eigenvalue weighted by atomic mass is 79.9. The molecule has 4 rings (SSSR count). The second-order valence-electron chi connectivity index (χ2n) is 6.23. The molecule has 3 nitrogen and oxygen atoms in total. The number of aromatic nitrogens is 1. The van der Waals surface area contributed by atoms with E-state index in [-0.39, 0.29) is 12.4 Å². The molecule has 0 unspecified atom stereocenters. The monoisotopic (exact) mass is 425 g/mol. The summed E-state index contributed by atoms with van der Waals surface area (Å²) < 4.78 is 22.8. The molecule has 136 valence electrons. The number of hydrogen-bond donors (Lipinski definition) is 1. The fourth-order valence-corrected chi connectivity index (χ4v) is 3.50. The zero-order chi connectivity index (χ0) is 18.8. The molecule has 0 bridgehead atoms. The van der Waals surface area contributed by atoms with Gasteiger partial charge < -0.3 is 14.4 Å². The topological polar surface area (TPSA) is 34.4 Å². The minimum Gasteiger partial charge on any atom is -0.489 e. The maximum absolute atomic E-state index is 14.5. The van der Waals surface area contributed by atoms with Crippen LogP contribution in [0.3, 0.4) is 0 Å². The molecule has 0 saturated carbocycles. The van der Waals surface area contributed by atoms with Crippen LogP contribution in [0, 0.1) is 5.82 Å².